The van der Waals surface area contributed by atoms with E-state index in [1.807, 2.05) is 13.2 Å². The highest BCUT2D eigenvalue weighted by Gasteiger charge is 2.24. The number of carboxylic acid groups (broad SMARTS) is 3. The molecule has 1 heterocycles. The third-order valence-corrected chi connectivity index (χ3v) is 5.18. The standard InChI is InChI=1S/C21H36N6O7/c1-22-12-6-3-2-4-8-15-14-27(26-25-15)13-7-5-9-16(19(30)31)23-21(34)24-17(20(32)33)10-11-18(28)29/h14,16-17,22H,2-13H2,1H3,(H,28,29)(H,30,31)(H,32,33)(H2,23,24,34). The smallest absolute Gasteiger partial charge is 0.326 e. The van der Waals surface area contributed by atoms with Crippen molar-refractivity contribution in [2.24, 2.45) is 0 Å². The van der Waals surface area contributed by atoms with E-state index in [1.165, 1.54) is 6.42 Å². The molecule has 34 heavy (non-hydrogen) atoms. The zero-order valence-electron chi connectivity index (χ0n) is 19.5. The van der Waals surface area contributed by atoms with Crippen molar-refractivity contribution in [2.45, 2.75) is 82.8 Å². The molecule has 0 saturated heterocycles. The molecule has 2 atom stereocenters. The van der Waals surface area contributed by atoms with Gasteiger partial charge < -0.3 is 31.3 Å². The normalized spacial score (nSPS) is 12.6. The lowest BCUT2D eigenvalue weighted by Crippen LogP contribution is -2.51. The number of nitrogens with one attached hydrogen (secondary N) is 3. The number of amides is 2. The van der Waals surface area contributed by atoms with Gasteiger partial charge in [0.1, 0.15) is 12.1 Å². The van der Waals surface area contributed by atoms with Crippen LogP contribution in [0.5, 0.6) is 0 Å². The highest BCUT2D eigenvalue weighted by atomic mass is 16.4. The molecular weight excluding hydrogens is 448 g/mol. The van der Waals surface area contributed by atoms with E-state index in [4.69, 9.17) is 10.2 Å². The summed E-state index contributed by atoms with van der Waals surface area (Å²) in [5.41, 5.74) is 0.922. The summed E-state index contributed by atoms with van der Waals surface area (Å²) in [5.74, 6) is -3.84. The van der Waals surface area contributed by atoms with Gasteiger partial charge in [-0.2, -0.15) is 0 Å². The minimum absolute atomic E-state index is 0.143. The molecule has 0 spiro atoms. The van der Waals surface area contributed by atoms with Crippen molar-refractivity contribution in [2.75, 3.05) is 13.6 Å². The fraction of sp³-hybridized carbons (Fsp3) is 0.714. The van der Waals surface area contributed by atoms with Crippen LogP contribution >= 0.6 is 0 Å². The molecule has 192 valence electrons. The number of carbonyl (C=O) groups excluding carboxylic acids is 1. The largest absolute Gasteiger partial charge is 0.481 e. The maximum atomic E-state index is 12.0. The second kappa shape index (κ2) is 16.4. The Morgan fingerprint density at radius 2 is 1.56 bits per heavy atom. The summed E-state index contributed by atoms with van der Waals surface area (Å²) >= 11 is 0. The van der Waals surface area contributed by atoms with Crippen molar-refractivity contribution >= 4 is 23.9 Å². The fourth-order valence-electron chi connectivity index (χ4n) is 3.29. The zero-order chi connectivity index (χ0) is 25.3. The van der Waals surface area contributed by atoms with Gasteiger partial charge in [0.2, 0.25) is 0 Å². The predicted molar refractivity (Wildman–Crippen MR) is 121 cm³/mol. The number of urea groups is 1. The number of hydrogen-bond acceptors (Lipinski definition) is 7. The highest BCUT2D eigenvalue weighted by Crippen LogP contribution is 2.07. The summed E-state index contributed by atoms with van der Waals surface area (Å²) in [5, 5.41) is 42.8. The van der Waals surface area contributed by atoms with Gasteiger partial charge in [0.05, 0.1) is 5.69 Å². The van der Waals surface area contributed by atoms with Crippen LogP contribution in [0.4, 0.5) is 4.79 Å². The van der Waals surface area contributed by atoms with Crippen LogP contribution in [0.15, 0.2) is 6.20 Å². The maximum Gasteiger partial charge on any atom is 0.326 e. The Morgan fingerprint density at radius 3 is 2.18 bits per heavy atom. The topological polar surface area (TPSA) is 196 Å². The van der Waals surface area contributed by atoms with Gasteiger partial charge in [-0.1, -0.05) is 18.1 Å². The summed E-state index contributed by atoms with van der Waals surface area (Å²) in [7, 11) is 1.94. The average Bonchev–Trinajstić information content (AvgIpc) is 3.22. The first-order chi connectivity index (χ1) is 16.2. The van der Waals surface area contributed by atoms with E-state index in [0.29, 0.717) is 19.4 Å². The zero-order valence-corrected chi connectivity index (χ0v) is 19.5. The number of aliphatic carboxylic acids is 3. The molecule has 0 aromatic carbocycles. The Balaban J connectivity index is 2.35. The first-order valence-corrected chi connectivity index (χ1v) is 11.5. The Morgan fingerprint density at radius 1 is 0.912 bits per heavy atom. The van der Waals surface area contributed by atoms with Crippen molar-refractivity contribution < 1.29 is 34.5 Å². The summed E-state index contributed by atoms with van der Waals surface area (Å²) in [6.45, 7) is 1.58. The van der Waals surface area contributed by atoms with Gasteiger partial charge in [-0.3, -0.25) is 9.48 Å². The van der Waals surface area contributed by atoms with Crippen LogP contribution in [0.3, 0.4) is 0 Å². The number of carboxylic acids is 3. The minimum Gasteiger partial charge on any atom is -0.481 e. The molecule has 0 aliphatic heterocycles. The average molecular weight is 485 g/mol. The van der Waals surface area contributed by atoms with Gasteiger partial charge in [0, 0.05) is 19.2 Å². The molecule has 0 radical (unpaired) electrons. The van der Waals surface area contributed by atoms with Crippen LogP contribution in [0, 0.1) is 0 Å². The molecule has 1 aromatic heterocycles. The van der Waals surface area contributed by atoms with E-state index in [2.05, 4.69) is 26.3 Å². The molecule has 0 aliphatic carbocycles. The number of carbonyl (C=O) groups is 4. The molecule has 13 nitrogen and oxygen atoms in total. The van der Waals surface area contributed by atoms with E-state index in [0.717, 1.165) is 37.9 Å². The van der Waals surface area contributed by atoms with E-state index in [-0.39, 0.29) is 12.8 Å². The number of hydrogen-bond donors (Lipinski definition) is 6. The molecular formula is C21H36N6O7. The number of nitrogens with zero attached hydrogens (tertiary/aromatic N) is 3. The molecule has 2 unspecified atom stereocenters. The van der Waals surface area contributed by atoms with E-state index in [9.17, 15) is 24.3 Å². The third kappa shape index (κ3) is 12.7. The number of unbranched alkanes of at least 4 members (excludes halogenated alkanes) is 4. The Labute approximate surface area is 198 Å². The molecule has 1 rings (SSSR count). The van der Waals surface area contributed by atoms with Crippen LogP contribution in [-0.2, 0) is 27.3 Å². The molecule has 0 aliphatic rings. The maximum absolute atomic E-state index is 12.0. The van der Waals surface area contributed by atoms with Crippen LogP contribution in [0.2, 0.25) is 0 Å². The van der Waals surface area contributed by atoms with Crippen molar-refractivity contribution in [3.63, 3.8) is 0 Å². The molecule has 6 N–H and O–H groups in total. The number of rotatable bonds is 19. The van der Waals surface area contributed by atoms with Crippen molar-refractivity contribution in [1.29, 1.82) is 0 Å². The van der Waals surface area contributed by atoms with Crippen molar-refractivity contribution in [3.8, 4) is 0 Å². The van der Waals surface area contributed by atoms with E-state index in [1.54, 1.807) is 4.68 Å². The lowest BCUT2D eigenvalue weighted by molar-refractivity contribution is -0.140. The molecule has 13 heteroatoms. The second-order valence-electron chi connectivity index (χ2n) is 8.07. The van der Waals surface area contributed by atoms with Gasteiger partial charge in [-0.25, -0.2) is 14.4 Å². The van der Waals surface area contributed by atoms with Crippen molar-refractivity contribution in [3.05, 3.63) is 11.9 Å². The van der Waals surface area contributed by atoms with Gasteiger partial charge in [0.15, 0.2) is 0 Å². The highest BCUT2D eigenvalue weighted by molar-refractivity contribution is 5.86. The SMILES string of the molecule is CNCCCCCCc1cn(CCCCC(NC(=O)NC(CCC(=O)O)C(=O)O)C(=O)O)nn1. The van der Waals surface area contributed by atoms with Crippen LogP contribution in [0.1, 0.15) is 63.5 Å². The fourth-order valence-corrected chi connectivity index (χ4v) is 3.29. The minimum atomic E-state index is -1.43. The summed E-state index contributed by atoms with van der Waals surface area (Å²) in [6, 6.07) is -3.61. The molecule has 1 aromatic rings. The molecule has 0 bridgehead atoms. The number of aromatic nitrogens is 3. The van der Waals surface area contributed by atoms with Gasteiger partial charge in [-0.15, -0.1) is 5.10 Å². The first-order valence-electron chi connectivity index (χ1n) is 11.5. The lowest BCUT2D eigenvalue weighted by atomic mass is 10.1. The molecule has 0 saturated carbocycles. The van der Waals surface area contributed by atoms with Gasteiger partial charge in [-0.05, 0) is 58.5 Å². The van der Waals surface area contributed by atoms with Crippen LogP contribution in [-0.4, -0.2) is 79.9 Å². The summed E-state index contributed by atoms with van der Waals surface area (Å²) < 4.78 is 1.71. The van der Waals surface area contributed by atoms with E-state index < -0.39 is 42.4 Å². The van der Waals surface area contributed by atoms with Crippen molar-refractivity contribution in [1.82, 2.24) is 30.9 Å². The third-order valence-electron chi connectivity index (χ3n) is 5.18. The quantitative estimate of drug-likeness (QED) is 0.153. The Bertz CT molecular complexity index is 785. The van der Waals surface area contributed by atoms with Gasteiger partial charge in [0.25, 0.3) is 0 Å². The molecule has 2 amide bonds. The summed E-state index contributed by atoms with van der Waals surface area (Å²) in [4.78, 5) is 45.2. The predicted octanol–water partition coefficient (Wildman–Crippen LogP) is 0.841. The van der Waals surface area contributed by atoms with Crippen LogP contribution < -0.4 is 16.0 Å². The van der Waals surface area contributed by atoms with Crippen LogP contribution in [0.25, 0.3) is 0 Å². The van der Waals surface area contributed by atoms with E-state index >= 15 is 0 Å². The summed E-state index contributed by atoms with van der Waals surface area (Å²) in [6.07, 6.45) is 7.76. The second-order valence-corrected chi connectivity index (χ2v) is 8.07. The van der Waals surface area contributed by atoms with Gasteiger partial charge >= 0.3 is 23.9 Å². The first kappa shape index (κ1) is 28.8. The Hall–Kier alpha value is -3.22. The Kier molecular flexibility index (Phi) is 13.9. The number of aryl methyl sites for hydroxylation is 2. The molecule has 0 fully saturated rings. The monoisotopic (exact) mass is 484 g/mol. The lowest BCUT2D eigenvalue weighted by Gasteiger charge is -2.18.